The van der Waals surface area contributed by atoms with Gasteiger partial charge in [-0.15, -0.1) is 0 Å². The Balaban J connectivity index is 1.80. The molecule has 2 aliphatic carbocycles. The lowest BCUT2D eigenvalue weighted by Gasteiger charge is -2.38. The number of allylic oxidation sites excluding steroid dienone is 2. The first kappa shape index (κ1) is 6.45. The zero-order valence-electron chi connectivity index (χ0n) is 6.98. The van der Waals surface area contributed by atoms with Gasteiger partial charge in [0.05, 0.1) is 0 Å². The first-order valence-corrected chi connectivity index (χ1v) is 4.38. The van der Waals surface area contributed by atoms with Gasteiger partial charge in [-0.2, -0.15) is 0 Å². The van der Waals surface area contributed by atoms with E-state index in [0.717, 1.165) is 11.3 Å². The van der Waals surface area contributed by atoms with Gasteiger partial charge in [0.1, 0.15) is 0 Å². The molecule has 0 heterocycles. The molecule has 0 nitrogen and oxygen atoms in total. The molecule has 2 rings (SSSR count). The molecule has 0 N–H and O–H groups in total. The predicted octanol–water partition coefficient (Wildman–Crippen LogP) is 3.14. The summed E-state index contributed by atoms with van der Waals surface area (Å²) in [6, 6.07) is 0. The molecule has 0 amide bonds. The second kappa shape index (κ2) is 1.87. The number of hydrogen-bond donors (Lipinski definition) is 0. The quantitative estimate of drug-likeness (QED) is 0.511. The molecule has 0 aliphatic heterocycles. The molecule has 0 heteroatoms. The maximum Gasteiger partial charge on any atom is -0.00179 e. The van der Waals surface area contributed by atoms with Gasteiger partial charge in [0.25, 0.3) is 0 Å². The van der Waals surface area contributed by atoms with Gasteiger partial charge in [-0.1, -0.05) is 25.0 Å². The molecule has 1 unspecified atom stereocenters. The fourth-order valence-electron chi connectivity index (χ4n) is 2.00. The largest absolute Gasteiger partial charge is 0.0778 e. The number of hydrogen-bond acceptors (Lipinski definition) is 0. The van der Waals surface area contributed by atoms with E-state index in [1.165, 1.54) is 25.7 Å². The van der Waals surface area contributed by atoms with Crippen LogP contribution in [0.25, 0.3) is 0 Å². The van der Waals surface area contributed by atoms with Crippen molar-refractivity contribution in [2.75, 3.05) is 0 Å². The normalized spacial score (nSPS) is 34.6. The van der Waals surface area contributed by atoms with Gasteiger partial charge in [-0.05, 0) is 37.5 Å². The molecular weight excluding hydrogens is 120 g/mol. The van der Waals surface area contributed by atoms with E-state index in [0.29, 0.717) is 0 Å². The van der Waals surface area contributed by atoms with Crippen LogP contribution in [0.1, 0.15) is 39.5 Å². The minimum Gasteiger partial charge on any atom is -0.0778 e. The maximum absolute atomic E-state index is 2.44. The molecule has 0 saturated heterocycles. The Kier molecular flexibility index (Phi) is 1.21. The second-order valence-corrected chi connectivity index (χ2v) is 4.39. The molecule has 2 aliphatic rings. The van der Waals surface area contributed by atoms with Crippen LogP contribution in [0, 0.1) is 11.3 Å². The van der Waals surface area contributed by atoms with Crippen molar-refractivity contribution in [1.29, 1.82) is 0 Å². The molecule has 0 spiro atoms. The van der Waals surface area contributed by atoms with Crippen molar-refractivity contribution in [2.24, 2.45) is 11.3 Å². The van der Waals surface area contributed by atoms with Crippen LogP contribution in [-0.4, -0.2) is 0 Å². The number of rotatable bonds is 2. The van der Waals surface area contributed by atoms with E-state index in [1.807, 2.05) is 0 Å². The molecule has 0 aromatic rings. The maximum atomic E-state index is 2.44. The SMILES string of the molecule is CC1=CC1CC1(C)CCC1. The Morgan fingerprint density at radius 1 is 1.60 bits per heavy atom. The van der Waals surface area contributed by atoms with E-state index >= 15 is 0 Å². The molecule has 1 saturated carbocycles. The molecule has 56 valence electrons. The van der Waals surface area contributed by atoms with E-state index < -0.39 is 0 Å². The minimum atomic E-state index is 0.735. The Morgan fingerprint density at radius 2 is 2.20 bits per heavy atom. The summed E-state index contributed by atoms with van der Waals surface area (Å²) >= 11 is 0. The van der Waals surface area contributed by atoms with Crippen LogP contribution in [0.2, 0.25) is 0 Å². The monoisotopic (exact) mass is 136 g/mol. The molecule has 1 fully saturated rings. The van der Waals surface area contributed by atoms with Crippen LogP contribution in [-0.2, 0) is 0 Å². The van der Waals surface area contributed by atoms with Gasteiger partial charge in [0.2, 0.25) is 0 Å². The summed E-state index contributed by atoms with van der Waals surface area (Å²) in [6.07, 6.45) is 8.28. The standard InChI is InChI=1S/C10H16/c1-8-6-9(8)7-10(2)4-3-5-10/h6,9H,3-5,7H2,1-2H3. The van der Waals surface area contributed by atoms with Crippen molar-refractivity contribution in [3.63, 3.8) is 0 Å². The van der Waals surface area contributed by atoms with Crippen molar-refractivity contribution in [2.45, 2.75) is 39.5 Å². The fourth-order valence-corrected chi connectivity index (χ4v) is 2.00. The Bertz CT molecular complexity index is 172. The average Bonchev–Trinajstić information content (AvgIpc) is 2.43. The van der Waals surface area contributed by atoms with Gasteiger partial charge >= 0.3 is 0 Å². The summed E-state index contributed by atoms with van der Waals surface area (Å²) in [5.41, 5.74) is 2.37. The summed E-state index contributed by atoms with van der Waals surface area (Å²) < 4.78 is 0. The Morgan fingerprint density at radius 3 is 2.50 bits per heavy atom. The summed E-state index contributed by atoms with van der Waals surface area (Å²) in [5, 5.41) is 0. The average molecular weight is 136 g/mol. The van der Waals surface area contributed by atoms with E-state index in [-0.39, 0.29) is 0 Å². The molecule has 0 aromatic heterocycles. The molecule has 10 heavy (non-hydrogen) atoms. The van der Waals surface area contributed by atoms with E-state index in [1.54, 1.807) is 5.57 Å². The Hall–Kier alpha value is -0.260. The predicted molar refractivity (Wildman–Crippen MR) is 43.8 cm³/mol. The summed E-state index contributed by atoms with van der Waals surface area (Å²) in [5.74, 6) is 0.908. The third-order valence-electron chi connectivity index (χ3n) is 3.21. The third-order valence-corrected chi connectivity index (χ3v) is 3.21. The first-order valence-electron chi connectivity index (χ1n) is 4.38. The molecular formula is C10H16. The lowest BCUT2D eigenvalue weighted by Crippen LogP contribution is -2.26. The Labute approximate surface area is 63.3 Å². The van der Waals surface area contributed by atoms with Crippen molar-refractivity contribution in [3.8, 4) is 0 Å². The molecule has 1 atom stereocenters. The van der Waals surface area contributed by atoms with Crippen LogP contribution in [0.5, 0.6) is 0 Å². The fraction of sp³-hybridized carbons (Fsp3) is 0.800. The highest BCUT2D eigenvalue weighted by molar-refractivity contribution is 5.27. The zero-order chi connectivity index (χ0) is 7.19. The molecule has 0 bridgehead atoms. The van der Waals surface area contributed by atoms with Gasteiger partial charge in [0, 0.05) is 0 Å². The smallest absolute Gasteiger partial charge is 0.00179 e. The van der Waals surface area contributed by atoms with Crippen molar-refractivity contribution in [1.82, 2.24) is 0 Å². The van der Waals surface area contributed by atoms with Crippen molar-refractivity contribution in [3.05, 3.63) is 11.6 Å². The van der Waals surface area contributed by atoms with Crippen molar-refractivity contribution >= 4 is 0 Å². The lowest BCUT2D eigenvalue weighted by atomic mass is 9.67. The lowest BCUT2D eigenvalue weighted by molar-refractivity contribution is 0.140. The summed E-state index contributed by atoms with van der Waals surface area (Å²) in [4.78, 5) is 0. The minimum absolute atomic E-state index is 0.735. The van der Waals surface area contributed by atoms with E-state index in [9.17, 15) is 0 Å². The van der Waals surface area contributed by atoms with Crippen molar-refractivity contribution < 1.29 is 0 Å². The van der Waals surface area contributed by atoms with Crippen LogP contribution >= 0.6 is 0 Å². The van der Waals surface area contributed by atoms with Gasteiger partial charge < -0.3 is 0 Å². The first-order chi connectivity index (χ1) is 4.70. The second-order valence-electron chi connectivity index (χ2n) is 4.39. The van der Waals surface area contributed by atoms with Gasteiger partial charge in [0.15, 0.2) is 0 Å². The van der Waals surface area contributed by atoms with E-state index in [2.05, 4.69) is 19.9 Å². The van der Waals surface area contributed by atoms with Crippen LogP contribution in [0.4, 0.5) is 0 Å². The molecule has 0 aromatic carbocycles. The topological polar surface area (TPSA) is 0 Å². The summed E-state index contributed by atoms with van der Waals surface area (Å²) in [7, 11) is 0. The van der Waals surface area contributed by atoms with Crippen LogP contribution < -0.4 is 0 Å². The molecule has 0 radical (unpaired) electrons. The van der Waals surface area contributed by atoms with E-state index in [4.69, 9.17) is 0 Å². The highest BCUT2D eigenvalue weighted by Crippen LogP contribution is 2.49. The van der Waals surface area contributed by atoms with Crippen LogP contribution in [0.3, 0.4) is 0 Å². The summed E-state index contributed by atoms with van der Waals surface area (Å²) in [6.45, 7) is 4.70. The van der Waals surface area contributed by atoms with Crippen LogP contribution in [0.15, 0.2) is 11.6 Å². The zero-order valence-corrected chi connectivity index (χ0v) is 6.98. The van der Waals surface area contributed by atoms with Gasteiger partial charge in [-0.3, -0.25) is 0 Å². The highest BCUT2D eigenvalue weighted by Gasteiger charge is 2.36. The highest BCUT2D eigenvalue weighted by atomic mass is 14.4. The van der Waals surface area contributed by atoms with Gasteiger partial charge in [-0.25, -0.2) is 0 Å². The third kappa shape index (κ3) is 1.00.